The maximum absolute atomic E-state index is 12.2. The number of amides is 1. The van der Waals surface area contributed by atoms with Crippen molar-refractivity contribution in [1.82, 2.24) is 10.2 Å². The van der Waals surface area contributed by atoms with E-state index in [1.807, 2.05) is 30.1 Å². The molecule has 9 heteroatoms. The van der Waals surface area contributed by atoms with E-state index in [0.717, 1.165) is 11.1 Å². The SMILES string of the molecule is CN=C(NCc1cccc(OCC(N)=O)c1)N(C)Cc1ccc(OC(F)F)cc1. The molecule has 0 heterocycles. The van der Waals surface area contributed by atoms with Gasteiger partial charge < -0.3 is 25.4 Å². The van der Waals surface area contributed by atoms with Gasteiger partial charge in [-0.1, -0.05) is 24.3 Å². The molecule has 3 N–H and O–H groups in total. The summed E-state index contributed by atoms with van der Waals surface area (Å²) < 4.78 is 34.1. The van der Waals surface area contributed by atoms with Gasteiger partial charge in [0.05, 0.1) is 0 Å². The second kappa shape index (κ2) is 10.8. The van der Waals surface area contributed by atoms with Crippen LogP contribution in [0.3, 0.4) is 0 Å². The molecular formula is C20H24F2N4O3. The Labute approximate surface area is 168 Å². The number of benzene rings is 2. The van der Waals surface area contributed by atoms with E-state index >= 15 is 0 Å². The van der Waals surface area contributed by atoms with E-state index in [4.69, 9.17) is 10.5 Å². The van der Waals surface area contributed by atoms with Crippen LogP contribution in [-0.4, -0.2) is 44.1 Å². The molecule has 0 saturated heterocycles. The average Bonchev–Trinajstić information content (AvgIpc) is 2.68. The van der Waals surface area contributed by atoms with Gasteiger partial charge in [0.2, 0.25) is 0 Å². The zero-order valence-electron chi connectivity index (χ0n) is 16.3. The molecule has 0 unspecified atom stereocenters. The number of rotatable bonds is 9. The molecule has 2 aromatic rings. The number of ether oxygens (including phenoxy) is 2. The van der Waals surface area contributed by atoms with Crippen molar-refractivity contribution in [1.29, 1.82) is 0 Å². The lowest BCUT2D eigenvalue weighted by Gasteiger charge is -2.22. The maximum atomic E-state index is 12.2. The summed E-state index contributed by atoms with van der Waals surface area (Å²) in [6, 6.07) is 13.7. The van der Waals surface area contributed by atoms with E-state index in [1.165, 1.54) is 12.1 Å². The van der Waals surface area contributed by atoms with E-state index in [9.17, 15) is 13.6 Å². The smallest absolute Gasteiger partial charge is 0.387 e. The fraction of sp³-hybridized carbons (Fsp3) is 0.300. The predicted molar refractivity (Wildman–Crippen MR) is 106 cm³/mol. The Morgan fingerprint density at radius 3 is 2.52 bits per heavy atom. The first-order chi connectivity index (χ1) is 13.9. The first-order valence-corrected chi connectivity index (χ1v) is 8.83. The summed E-state index contributed by atoms with van der Waals surface area (Å²) >= 11 is 0. The Kier molecular flexibility index (Phi) is 8.20. The van der Waals surface area contributed by atoms with Crippen molar-refractivity contribution in [2.45, 2.75) is 19.7 Å². The normalized spacial score (nSPS) is 11.3. The molecule has 7 nitrogen and oxygen atoms in total. The molecule has 0 aliphatic carbocycles. The van der Waals surface area contributed by atoms with Gasteiger partial charge in [-0.2, -0.15) is 8.78 Å². The molecule has 0 bridgehead atoms. The van der Waals surface area contributed by atoms with Crippen molar-refractivity contribution in [3.8, 4) is 11.5 Å². The summed E-state index contributed by atoms with van der Waals surface area (Å²) in [5.41, 5.74) is 6.94. The number of nitrogens with zero attached hydrogens (tertiary/aromatic N) is 2. The van der Waals surface area contributed by atoms with Crippen molar-refractivity contribution in [3.05, 3.63) is 59.7 Å². The minimum atomic E-state index is -2.84. The molecule has 2 rings (SSSR count). The summed E-state index contributed by atoms with van der Waals surface area (Å²) in [6.45, 7) is -2.00. The number of nitrogens with two attached hydrogens (primary N) is 1. The third-order valence-corrected chi connectivity index (χ3v) is 3.87. The second-order valence-corrected chi connectivity index (χ2v) is 6.18. The number of guanidine groups is 1. The fourth-order valence-corrected chi connectivity index (χ4v) is 2.59. The van der Waals surface area contributed by atoms with Gasteiger partial charge in [-0.05, 0) is 35.4 Å². The zero-order chi connectivity index (χ0) is 21.2. The largest absolute Gasteiger partial charge is 0.484 e. The number of hydrogen-bond acceptors (Lipinski definition) is 4. The molecule has 0 spiro atoms. The van der Waals surface area contributed by atoms with Gasteiger partial charge >= 0.3 is 6.61 Å². The quantitative estimate of drug-likeness (QED) is 0.493. The van der Waals surface area contributed by atoms with Gasteiger partial charge in [-0.25, -0.2) is 0 Å². The lowest BCUT2D eigenvalue weighted by atomic mass is 10.2. The van der Waals surface area contributed by atoms with E-state index in [0.29, 0.717) is 24.8 Å². The van der Waals surface area contributed by atoms with E-state index in [-0.39, 0.29) is 12.4 Å². The summed E-state index contributed by atoms with van der Waals surface area (Å²) in [4.78, 5) is 17.0. The molecule has 0 saturated carbocycles. The van der Waals surface area contributed by atoms with Gasteiger partial charge in [0.15, 0.2) is 12.6 Å². The Morgan fingerprint density at radius 1 is 1.17 bits per heavy atom. The first kappa shape index (κ1) is 21.9. The number of primary amides is 1. The highest BCUT2D eigenvalue weighted by Gasteiger charge is 2.09. The first-order valence-electron chi connectivity index (χ1n) is 8.83. The highest BCUT2D eigenvalue weighted by atomic mass is 19.3. The summed E-state index contributed by atoms with van der Waals surface area (Å²) in [5.74, 6) is 0.788. The van der Waals surface area contributed by atoms with Crippen LogP contribution in [0.5, 0.6) is 11.5 Å². The van der Waals surface area contributed by atoms with Crippen LogP contribution in [0.1, 0.15) is 11.1 Å². The molecular weight excluding hydrogens is 382 g/mol. The Bertz CT molecular complexity index is 829. The molecule has 0 radical (unpaired) electrons. The Balaban J connectivity index is 1.91. The highest BCUT2D eigenvalue weighted by molar-refractivity contribution is 5.79. The van der Waals surface area contributed by atoms with E-state index in [1.54, 1.807) is 25.2 Å². The van der Waals surface area contributed by atoms with Crippen molar-refractivity contribution in [3.63, 3.8) is 0 Å². The molecule has 0 aromatic heterocycles. The summed E-state index contributed by atoms with van der Waals surface area (Å²) in [5, 5.41) is 3.24. The molecule has 0 aliphatic heterocycles. The van der Waals surface area contributed by atoms with Crippen molar-refractivity contribution in [2.24, 2.45) is 10.7 Å². The standard InChI is InChI=1S/C20H24F2N4O3/c1-24-20(25-11-15-4-3-5-17(10-15)28-13-18(23)27)26(2)12-14-6-8-16(9-7-14)29-19(21)22/h3-10,19H,11-13H2,1-2H3,(H2,23,27)(H,24,25). The lowest BCUT2D eigenvalue weighted by molar-refractivity contribution is -0.119. The molecule has 156 valence electrons. The molecule has 0 atom stereocenters. The molecule has 1 amide bonds. The zero-order valence-corrected chi connectivity index (χ0v) is 16.3. The van der Waals surface area contributed by atoms with Gasteiger partial charge in [0.1, 0.15) is 11.5 Å². The predicted octanol–water partition coefficient (Wildman–Crippen LogP) is 2.36. The molecule has 0 aliphatic rings. The van der Waals surface area contributed by atoms with Crippen LogP contribution in [0, 0.1) is 0 Å². The van der Waals surface area contributed by atoms with Crippen LogP contribution in [0.25, 0.3) is 0 Å². The third-order valence-electron chi connectivity index (χ3n) is 3.87. The van der Waals surface area contributed by atoms with Crippen LogP contribution < -0.4 is 20.5 Å². The molecule has 2 aromatic carbocycles. The van der Waals surface area contributed by atoms with Crippen molar-refractivity contribution >= 4 is 11.9 Å². The number of halogens is 2. The monoisotopic (exact) mass is 406 g/mol. The second-order valence-electron chi connectivity index (χ2n) is 6.18. The van der Waals surface area contributed by atoms with E-state index in [2.05, 4.69) is 15.0 Å². The average molecular weight is 406 g/mol. The highest BCUT2D eigenvalue weighted by Crippen LogP contribution is 2.16. The van der Waals surface area contributed by atoms with Crippen LogP contribution >= 0.6 is 0 Å². The topological polar surface area (TPSA) is 89.2 Å². The van der Waals surface area contributed by atoms with Crippen molar-refractivity contribution < 1.29 is 23.0 Å². The van der Waals surface area contributed by atoms with Gasteiger partial charge in [-0.3, -0.25) is 9.79 Å². The van der Waals surface area contributed by atoms with Gasteiger partial charge in [0, 0.05) is 27.2 Å². The number of aliphatic imine (C=N–C) groups is 1. The number of carbonyl (C=O) groups excluding carboxylic acids is 1. The van der Waals surface area contributed by atoms with Crippen LogP contribution in [0.15, 0.2) is 53.5 Å². The fourth-order valence-electron chi connectivity index (χ4n) is 2.59. The van der Waals surface area contributed by atoms with Crippen LogP contribution in [0.2, 0.25) is 0 Å². The van der Waals surface area contributed by atoms with Crippen LogP contribution in [-0.2, 0) is 17.9 Å². The molecule has 0 fully saturated rings. The third kappa shape index (κ3) is 7.65. The summed E-state index contributed by atoms with van der Waals surface area (Å²) in [6.07, 6.45) is 0. The number of hydrogen-bond donors (Lipinski definition) is 2. The van der Waals surface area contributed by atoms with Gasteiger partial charge in [-0.15, -0.1) is 0 Å². The Morgan fingerprint density at radius 2 is 1.90 bits per heavy atom. The number of alkyl halides is 2. The summed E-state index contributed by atoms with van der Waals surface area (Å²) in [7, 11) is 3.54. The minimum absolute atomic E-state index is 0.118. The number of nitrogens with one attached hydrogen (secondary N) is 1. The van der Waals surface area contributed by atoms with E-state index < -0.39 is 12.5 Å². The maximum Gasteiger partial charge on any atom is 0.387 e. The molecule has 29 heavy (non-hydrogen) atoms. The lowest BCUT2D eigenvalue weighted by Crippen LogP contribution is -2.38. The minimum Gasteiger partial charge on any atom is -0.484 e. The van der Waals surface area contributed by atoms with Crippen molar-refractivity contribution in [2.75, 3.05) is 20.7 Å². The van der Waals surface area contributed by atoms with Gasteiger partial charge in [0.25, 0.3) is 5.91 Å². The Hall–Kier alpha value is -3.36. The van der Waals surface area contributed by atoms with Crippen LogP contribution in [0.4, 0.5) is 8.78 Å². The number of carbonyl (C=O) groups is 1.